The summed E-state index contributed by atoms with van der Waals surface area (Å²) in [6.07, 6.45) is 4.50. The van der Waals surface area contributed by atoms with Crippen LogP contribution >= 0.6 is 0 Å². The third kappa shape index (κ3) is 3.65. The molecule has 1 heteroatoms. The average molecular weight is 207 g/mol. The fraction of sp³-hybridized carbons (Fsp3) is 0.643. The van der Waals surface area contributed by atoms with Crippen LogP contribution in [0.3, 0.4) is 0 Å². The van der Waals surface area contributed by atoms with Crippen LogP contribution in [0.25, 0.3) is 0 Å². The highest BCUT2D eigenvalue weighted by Gasteiger charge is 2.18. The molecule has 0 aliphatic heterocycles. The molecule has 0 heterocycles. The van der Waals surface area contributed by atoms with Gasteiger partial charge in [-0.3, -0.25) is 0 Å². The molecule has 0 saturated heterocycles. The first-order valence-electron chi connectivity index (χ1n) is 5.97. The average Bonchev–Trinajstić information content (AvgIpc) is 2.31. The summed E-state index contributed by atoms with van der Waals surface area (Å²) in [6, 6.07) is 0. The van der Waals surface area contributed by atoms with Gasteiger partial charge in [0.25, 0.3) is 0 Å². The Balaban J connectivity index is 0.000000921. The summed E-state index contributed by atoms with van der Waals surface area (Å²) >= 11 is 0. The van der Waals surface area contributed by atoms with Crippen molar-refractivity contribution in [3.05, 3.63) is 22.8 Å². The smallest absolute Gasteiger partial charge is 0.0416 e. The molecule has 0 aromatic heterocycles. The highest BCUT2D eigenvalue weighted by atomic mass is 14.5. The van der Waals surface area contributed by atoms with Crippen LogP contribution in [0.5, 0.6) is 0 Å². The van der Waals surface area contributed by atoms with E-state index >= 15 is 0 Å². The summed E-state index contributed by atoms with van der Waals surface area (Å²) in [7, 11) is 0. The SMILES string of the molecule is CC.CC1=CCCC(C)C(=N)C1=C(C)C. The van der Waals surface area contributed by atoms with Crippen LogP contribution < -0.4 is 0 Å². The lowest BCUT2D eigenvalue weighted by Gasteiger charge is -2.14. The third-order valence-electron chi connectivity index (χ3n) is 2.71. The number of nitrogens with one attached hydrogen (secondary N) is 1. The van der Waals surface area contributed by atoms with Gasteiger partial charge >= 0.3 is 0 Å². The van der Waals surface area contributed by atoms with Crippen molar-refractivity contribution in [2.75, 3.05) is 0 Å². The van der Waals surface area contributed by atoms with Crippen molar-refractivity contribution in [3.8, 4) is 0 Å². The Morgan fingerprint density at radius 3 is 2.33 bits per heavy atom. The molecule has 1 unspecified atom stereocenters. The minimum Gasteiger partial charge on any atom is -0.304 e. The topological polar surface area (TPSA) is 23.9 Å². The Morgan fingerprint density at radius 2 is 1.87 bits per heavy atom. The molecule has 1 rings (SSSR count). The van der Waals surface area contributed by atoms with Crippen LogP contribution in [0.4, 0.5) is 0 Å². The molecular formula is C14H25N. The zero-order valence-corrected chi connectivity index (χ0v) is 11.1. The molecule has 0 aromatic carbocycles. The van der Waals surface area contributed by atoms with E-state index in [1.54, 1.807) is 0 Å². The summed E-state index contributed by atoms with van der Waals surface area (Å²) < 4.78 is 0. The number of rotatable bonds is 0. The maximum Gasteiger partial charge on any atom is 0.0416 e. The van der Waals surface area contributed by atoms with Gasteiger partial charge in [0.15, 0.2) is 0 Å². The van der Waals surface area contributed by atoms with Gasteiger partial charge in [-0.05, 0) is 50.7 Å². The number of allylic oxidation sites excluding steroid dienone is 4. The van der Waals surface area contributed by atoms with E-state index in [1.807, 2.05) is 13.8 Å². The van der Waals surface area contributed by atoms with Crippen LogP contribution in [0.2, 0.25) is 0 Å². The van der Waals surface area contributed by atoms with E-state index in [4.69, 9.17) is 5.41 Å². The summed E-state index contributed by atoms with van der Waals surface area (Å²) in [5, 5.41) is 8.05. The van der Waals surface area contributed by atoms with Crippen molar-refractivity contribution in [2.24, 2.45) is 5.92 Å². The molecule has 0 aromatic rings. The van der Waals surface area contributed by atoms with Crippen LogP contribution in [0.15, 0.2) is 22.8 Å². The maximum atomic E-state index is 8.05. The molecule has 1 N–H and O–H groups in total. The lowest BCUT2D eigenvalue weighted by Crippen LogP contribution is -2.12. The van der Waals surface area contributed by atoms with Gasteiger partial charge in [0.1, 0.15) is 0 Å². The monoisotopic (exact) mass is 207 g/mol. The van der Waals surface area contributed by atoms with Gasteiger partial charge < -0.3 is 5.41 Å². The van der Waals surface area contributed by atoms with E-state index in [9.17, 15) is 0 Å². The molecule has 1 atom stereocenters. The largest absolute Gasteiger partial charge is 0.304 e. The molecule has 15 heavy (non-hydrogen) atoms. The molecule has 1 aliphatic rings. The van der Waals surface area contributed by atoms with E-state index in [1.165, 1.54) is 16.7 Å². The van der Waals surface area contributed by atoms with Gasteiger partial charge in [-0.2, -0.15) is 0 Å². The fourth-order valence-corrected chi connectivity index (χ4v) is 1.92. The third-order valence-corrected chi connectivity index (χ3v) is 2.71. The molecule has 0 radical (unpaired) electrons. The van der Waals surface area contributed by atoms with Crippen molar-refractivity contribution < 1.29 is 0 Å². The minimum atomic E-state index is 0.415. The Bertz CT molecular complexity index is 278. The summed E-state index contributed by atoms with van der Waals surface area (Å²) in [6.45, 7) is 12.5. The lowest BCUT2D eigenvalue weighted by atomic mass is 9.92. The predicted octanol–water partition coefficient (Wildman–Crippen LogP) is 4.74. The van der Waals surface area contributed by atoms with E-state index in [0.29, 0.717) is 5.92 Å². The summed E-state index contributed by atoms with van der Waals surface area (Å²) in [5.74, 6) is 0.415. The zero-order chi connectivity index (χ0) is 12.0. The van der Waals surface area contributed by atoms with Gasteiger partial charge in [-0.25, -0.2) is 0 Å². The van der Waals surface area contributed by atoms with Crippen LogP contribution in [-0.4, -0.2) is 5.71 Å². The second-order valence-electron chi connectivity index (χ2n) is 4.15. The van der Waals surface area contributed by atoms with E-state index < -0.39 is 0 Å². The fourth-order valence-electron chi connectivity index (χ4n) is 1.92. The molecule has 0 spiro atoms. The van der Waals surface area contributed by atoms with Gasteiger partial charge in [-0.15, -0.1) is 0 Å². The Hall–Kier alpha value is -0.850. The van der Waals surface area contributed by atoms with Crippen LogP contribution in [0.1, 0.15) is 54.4 Å². The van der Waals surface area contributed by atoms with Gasteiger partial charge in [-0.1, -0.05) is 32.4 Å². The minimum absolute atomic E-state index is 0.415. The van der Waals surface area contributed by atoms with Gasteiger partial charge in [0.05, 0.1) is 0 Å². The van der Waals surface area contributed by atoms with Crippen molar-refractivity contribution in [2.45, 2.75) is 54.4 Å². The Labute approximate surface area is 94.8 Å². The predicted molar refractivity (Wildman–Crippen MR) is 69.6 cm³/mol. The van der Waals surface area contributed by atoms with E-state index in [-0.39, 0.29) is 0 Å². The maximum absolute atomic E-state index is 8.05. The zero-order valence-electron chi connectivity index (χ0n) is 11.1. The molecule has 0 saturated carbocycles. The van der Waals surface area contributed by atoms with E-state index in [0.717, 1.165) is 18.6 Å². The first-order chi connectivity index (χ1) is 7.04. The van der Waals surface area contributed by atoms with Crippen LogP contribution in [0, 0.1) is 11.3 Å². The van der Waals surface area contributed by atoms with Gasteiger partial charge in [0.2, 0.25) is 0 Å². The van der Waals surface area contributed by atoms with E-state index in [2.05, 4.69) is 33.8 Å². The quantitative estimate of drug-likeness (QED) is 0.593. The first-order valence-corrected chi connectivity index (χ1v) is 5.97. The number of hydrogen-bond acceptors (Lipinski definition) is 1. The van der Waals surface area contributed by atoms with Crippen molar-refractivity contribution >= 4 is 5.71 Å². The second kappa shape index (κ2) is 6.60. The van der Waals surface area contributed by atoms with Crippen molar-refractivity contribution in [3.63, 3.8) is 0 Å². The first kappa shape index (κ1) is 14.2. The standard InChI is InChI=1S/C12H19N.C2H6/c1-8(2)11-9(3)6-5-7-10(4)12(11)13;1-2/h6,10,13H,5,7H2,1-4H3;1-2H3. The lowest BCUT2D eigenvalue weighted by molar-refractivity contribution is 0.696. The molecule has 0 fully saturated rings. The summed E-state index contributed by atoms with van der Waals surface area (Å²) in [4.78, 5) is 0. The van der Waals surface area contributed by atoms with Crippen LogP contribution in [-0.2, 0) is 0 Å². The molecule has 0 bridgehead atoms. The van der Waals surface area contributed by atoms with Gasteiger partial charge in [0, 0.05) is 5.71 Å². The molecule has 0 amide bonds. The van der Waals surface area contributed by atoms with Crippen molar-refractivity contribution in [1.82, 2.24) is 0 Å². The van der Waals surface area contributed by atoms with Crippen molar-refractivity contribution in [1.29, 1.82) is 5.41 Å². The number of hydrogen-bond donors (Lipinski definition) is 1. The second-order valence-corrected chi connectivity index (χ2v) is 4.15. The molecule has 86 valence electrons. The highest BCUT2D eigenvalue weighted by molar-refractivity contribution is 6.03. The highest BCUT2D eigenvalue weighted by Crippen LogP contribution is 2.26. The summed E-state index contributed by atoms with van der Waals surface area (Å²) in [5.41, 5.74) is 4.57. The Kier molecular flexibility index (Phi) is 6.23. The normalized spacial score (nSPS) is 21.2. The molecule has 1 nitrogen and oxygen atoms in total. The Morgan fingerprint density at radius 1 is 1.33 bits per heavy atom. The molecular weight excluding hydrogens is 182 g/mol. The molecule has 1 aliphatic carbocycles.